The average Bonchev–Trinajstić information content (AvgIpc) is 0.856. The molecule has 0 unspecified atom stereocenters. The molecule has 658 valence electrons. The van der Waals surface area contributed by atoms with E-state index in [2.05, 4.69) is 76.0 Å². The van der Waals surface area contributed by atoms with Crippen molar-refractivity contribution in [3.63, 3.8) is 0 Å². The first-order valence-corrected chi connectivity index (χ1v) is 40.5. The van der Waals surface area contributed by atoms with Gasteiger partial charge in [0.05, 0.1) is 26.0 Å². The molecule has 15 amide bonds. The number of aliphatic carboxylic acids is 1. The van der Waals surface area contributed by atoms with E-state index in [4.69, 9.17) is 28.3 Å². The number of carbonyl (C=O) groups excluding carboxylic acids is 15. The number of guanidine groups is 1. The first kappa shape index (κ1) is 101. The van der Waals surface area contributed by atoms with Gasteiger partial charge >= 0.3 is 5.97 Å². The van der Waals surface area contributed by atoms with E-state index in [1.54, 1.807) is 44.2 Å². The van der Waals surface area contributed by atoms with Gasteiger partial charge in [-0.1, -0.05) is 152 Å². The largest absolute Gasteiger partial charge is 0.508 e. The van der Waals surface area contributed by atoms with Gasteiger partial charge in [0.1, 0.15) is 71.9 Å². The summed E-state index contributed by atoms with van der Waals surface area (Å²) in [5, 5.41) is 79.7. The number of nitrogens with one attached hydrogen (secondary N) is 14. The van der Waals surface area contributed by atoms with E-state index in [9.17, 15) is 97.1 Å². The number of aliphatic hydroxyl groups excluding tert-OH is 1. The summed E-state index contributed by atoms with van der Waals surface area (Å²) in [5.74, 6) is -16.8. The van der Waals surface area contributed by atoms with Crippen molar-refractivity contribution in [2.75, 3.05) is 26.2 Å². The number of hydrogen-bond donors (Lipinski definition) is 22. The van der Waals surface area contributed by atoms with Gasteiger partial charge in [-0.3, -0.25) is 77.3 Å². The van der Waals surface area contributed by atoms with E-state index in [1.165, 1.54) is 93.5 Å². The molecule has 119 heavy (non-hydrogen) atoms. The molecule has 0 saturated carbocycles. The molecule has 10 atom stereocenters. The van der Waals surface area contributed by atoms with Crippen molar-refractivity contribution in [2.45, 2.75) is 261 Å². The van der Waals surface area contributed by atoms with Crippen molar-refractivity contribution in [1.29, 1.82) is 5.41 Å². The zero-order valence-electron chi connectivity index (χ0n) is 68.4. The second-order valence-corrected chi connectivity index (χ2v) is 29.8. The molecule has 38 heteroatoms. The molecule has 0 aliphatic rings. The van der Waals surface area contributed by atoms with Crippen LogP contribution in [0.2, 0.25) is 0 Å². The SMILES string of the molecule is CCCCCCCCCCCCCCCC(=O)N[C@@H](CCC(=O)NCCCC[C@H](NC(=O)[C@H](CC(N)=O)NC(=O)[C@H](Cc1ccc(O)cc1)NC(C)=O)C(=O)N[C@@H](CC(N)=O)C(=O)N[C@@H](CO)C(=O)N[C@@H](Cc1ccccc1)C(=O)NCC(=O)N[C@@H](CC(C)C)C(=O)N[C@@H](CCCNC(=N)N)C(=O)N[C@@H](Cc1ccc(O)cc1)C(N)=O)C(=O)O. The number of phenolic OH excluding ortho intramolecular Hbond substituents is 2. The van der Waals surface area contributed by atoms with Crippen molar-refractivity contribution in [1.82, 2.24) is 69.1 Å². The lowest BCUT2D eigenvalue weighted by molar-refractivity contribution is -0.142. The number of nitrogens with two attached hydrogens (primary N) is 4. The lowest BCUT2D eigenvalue weighted by atomic mass is 10.0. The third-order valence-electron chi connectivity index (χ3n) is 19.0. The second kappa shape index (κ2) is 56.4. The maximum atomic E-state index is 14.6. The quantitative estimate of drug-likeness (QED) is 0.0188. The Hall–Kier alpha value is -12.0. The summed E-state index contributed by atoms with van der Waals surface area (Å²) in [6, 6.07) is 3.42. The molecule has 0 radical (unpaired) electrons. The van der Waals surface area contributed by atoms with Gasteiger partial charge in [0.15, 0.2) is 5.96 Å². The number of aliphatic hydroxyl groups is 1. The molecule has 26 N–H and O–H groups in total. The van der Waals surface area contributed by atoms with E-state index in [1.807, 2.05) is 0 Å². The molecule has 0 aliphatic heterocycles. The zero-order chi connectivity index (χ0) is 88.4. The van der Waals surface area contributed by atoms with E-state index < -0.39 is 181 Å². The highest BCUT2D eigenvalue weighted by Crippen LogP contribution is 2.18. The third kappa shape index (κ3) is 43.7. The fourth-order valence-corrected chi connectivity index (χ4v) is 12.6. The van der Waals surface area contributed by atoms with Crippen LogP contribution in [-0.2, 0) is 96.0 Å². The van der Waals surface area contributed by atoms with E-state index in [0.717, 1.165) is 39.0 Å². The van der Waals surface area contributed by atoms with Gasteiger partial charge in [-0.05, 0) is 98.2 Å². The predicted octanol–water partition coefficient (Wildman–Crippen LogP) is -0.720. The molecule has 3 aromatic carbocycles. The Bertz CT molecular complexity index is 3800. The van der Waals surface area contributed by atoms with Crippen LogP contribution in [0.25, 0.3) is 0 Å². The number of unbranched alkanes of at least 4 members (excludes halogenated alkanes) is 13. The van der Waals surface area contributed by atoms with Crippen LogP contribution in [0.1, 0.15) is 198 Å². The first-order chi connectivity index (χ1) is 56.6. The van der Waals surface area contributed by atoms with Crippen LogP contribution in [0.15, 0.2) is 78.9 Å². The minimum atomic E-state index is -2.02. The molecule has 0 bridgehead atoms. The van der Waals surface area contributed by atoms with Gasteiger partial charge in [0.25, 0.3) is 0 Å². The van der Waals surface area contributed by atoms with Crippen LogP contribution in [0.5, 0.6) is 11.5 Å². The lowest BCUT2D eigenvalue weighted by Crippen LogP contribution is -2.61. The van der Waals surface area contributed by atoms with Gasteiger partial charge < -0.3 is 112 Å². The van der Waals surface area contributed by atoms with Crippen LogP contribution < -0.4 is 92.1 Å². The summed E-state index contributed by atoms with van der Waals surface area (Å²) in [6.45, 7) is 4.75. The highest BCUT2D eigenvalue weighted by molar-refractivity contribution is 6.00. The maximum absolute atomic E-state index is 14.6. The standard InChI is InChI=1S/C81H124N18O20/c1-5-6-7-8-9-10-11-12-13-14-15-16-20-28-69(107)91-58(80(118)119)37-38-68(106)87-39-22-21-26-56(93-77(115)63(45-66(82)104)98-76(114)62(90-50(4)101)44-53-31-35-55(103)36-32-53)74(112)97-64(46-67(83)105)78(116)99-65(48-100)79(117)96-61(43-51-24-18-17-19-25-51)72(110)89-47-70(108)92-60(41-49(2)3)75(113)94-57(27-23-40-88-81(85)86)73(111)95-59(71(84)109)42-52-29-33-54(102)34-30-52/h17-19,24-25,29-36,49,56-65,100,102-103H,5-16,20-23,26-28,37-48H2,1-4H3,(H2,82,104)(H2,83,105)(H2,84,109)(H,87,106)(H,89,110)(H,90,101)(H,91,107)(H,92,108)(H,93,115)(H,94,113)(H,95,111)(H,96,117)(H,97,112)(H,98,114)(H,99,116)(H,118,119)(H4,85,86,88)/t56-,57-,58-,59-,60-,61-,62-,63-,64-,65-/m0/s1. The number of amides is 15. The minimum absolute atomic E-state index is 0.0123. The molecular formula is C81H124N18O20. The van der Waals surface area contributed by atoms with Crippen LogP contribution in [0.3, 0.4) is 0 Å². The molecule has 0 spiro atoms. The average molecular weight is 1670 g/mol. The Morgan fingerprint density at radius 2 is 0.782 bits per heavy atom. The fourth-order valence-electron chi connectivity index (χ4n) is 12.6. The summed E-state index contributed by atoms with van der Waals surface area (Å²) in [6.07, 6.45) is 11.1. The second-order valence-electron chi connectivity index (χ2n) is 29.8. The molecule has 0 heterocycles. The predicted molar refractivity (Wildman–Crippen MR) is 438 cm³/mol. The monoisotopic (exact) mass is 1670 g/mol. The zero-order valence-corrected chi connectivity index (χ0v) is 68.4. The van der Waals surface area contributed by atoms with Gasteiger partial charge in [-0.2, -0.15) is 0 Å². The minimum Gasteiger partial charge on any atom is -0.508 e. The van der Waals surface area contributed by atoms with Crippen molar-refractivity contribution >= 4 is 101 Å². The van der Waals surface area contributed by atoms with Gasteiger partial charge in [-0.15, -0.1) is 0 Å². The summed E-state index contributed by atoms with van der Waals surface area (Å²) in [5.41, 5.74) is 23.6. The van der Waals surface area contributed by atoms with Crippen molar-refractivity contribution in [3.8, 4) is 11.5 Å². The Morgan fingerprint density at radius 1 is 0.378 bits per heavy atom. The smallest absolute Gasteiger partial charge is 0.326 e. The first-order valence-electron chi connectivity index (χ1n) is 40.5. The van der Waals surface area contributed by atoms with Gasteiger partial charge in [0.2, 0.25) is 88.6 Å². The summed E-state index contributed by atoms with van der Waals surface area (Å²) >= 11 is 0. The summed E-state index contributed by atoms with van der Waals surface area (Å²) in [7, 11) is 0. The number of carboxylic acid groups (broad SMARTS) is 1. The molecule has 38 nitrogen and oxygen atoms in total. The highest BCUT2D eigenvalue weighted by Gasteiger charge is 2.36. The molecule has 3 rings (SSSR count). The summed E-state index contributed by atoms with van der Waals surface area (Å²) in [4.78, 5) is 216. The fraction of sp³-hybridized carbons (Fsp3) is 0.568. The van der Waals surface area contributed by atoms with Crippen LogP contribution >= 0.6 is 0 Å². The van der Waals surface area contributed by atoms with Crippen LogP contribution in [-0.4, -0.2) is 208 Å². The van der Waals surface area contributed by atoms with Gasteiger partial charge in [0, 0.05) is 52.1 Å². The van der Waals surface area contributed by atoms with Crippen molar-refractivity contribution in [3.05, 3.63) is 95.6 Å². The topological polar surface area (TPSA) is 638 Å². The number of aromatic hydroxyl groups is 2. The molecule has 0 aromatic heterocycles. The van der Waals surface area contributed by atoms with Crippen molar-refractivity contribution in [2.24, 2.45) is 28.9 Å². The summed E-state index contributed by atoms with van der Waals surface area (Å²) < 4.78 is 0. The van der Waals surface area contributed by atoms with Gasteiger partial charge in [-0.25, -0.2) is 4.79 Å². The Morgan fingerprint density at radius 3 is 1.25 bits per heavy atom. The number of hydrogen-bond acceptors (Lipinski definition) is 20. The van der Waals surface area contributed by atoms with E-state index >= 15 is 0 Å². The van der Waals surface area contributed by atoms with Crippen LogP contribution in [0, 0.1) is 11.3 Å². The number of rotatable bonds is 61. The van der Waals surface area contributed by atoms with Crippen LogP contribution in [0.4, 0.5) is 0 Å². The molecule has 0 saturated heterocycles. The highest BCUT2D eigenvalue weighted by atomic mass is 16.4. The maximum Gasteiger partial charge on any atom is 0.326 e. The Balaban J connectivity index is 1.84. The molecule has 0 fully saturated rings. The lowest BCUT2D eigenvalue weighted by Gasteiger charge is -2.27. The van der Waals surface area contributed by atoms with E-state index in [0.29, 0.717) is 23.1 Å². The van der Waals surface area contributed by atoms with Crippen molar-refractivity contribution < 1.29 is 97.1 Å². The number of primary amides is 3. The molecule has 3 aromatic rings. The van der Waals surface area contributed by atoms with E-state index in [-0.39, 0.29) is 114 Å². The number of carboxylic acids is 1. The number of benzene rings is 3. The Kier molecular flexibility index (Phi) is 47.9. The normalized spacial score (nSPS) is 13.5. The Labute approximate surface area is 692 Å². The molecular weight excluding hydrogens is 1540 g/mol. The number of phenols is 2. The third-order valence-corrected chi connectivity index (χ3v) is 19.0. The number of carbonyl (C=O) groups is 16. The molecule has 0 aliphatic carbocycles.